The minimum atomic E-state index is -0.595. The van der Waals surface area contributed by atoms with Crippen LogP contribution in [0.5, 0.6) is 0 Å². The highest BCUT2D eigenvalue weighted by Gasteiger charge is 2.56. The second kappa shape index (κ2) is 4.81. The van der Waals surface area contributed by atoms with Gasteiger partial charge in [0.2, 0.25) is 0 Å². The maximum atomic E-state index is 13.3. The third-order valence-corrected chi connectivity index (χ3v) is 4.43. The van der Waals surface area contributed by atoms with Crippen molar-refractivity contribution in [2.24, 2.45) is 0 Å². The fraction of sp³-hybridized carbons (Fsp3) is 0.533. The fourth-order valence-electron chi connectivity index (χ4n) is 3.42. The van der Waals surface area contributed by atoms with E-state index in [1.54, 1.807) is 0 Å². The van der Waals surface area contributed by atoms with Crippen LogP contribution in [0.2, 0.25) is 0 Å². The van der Waals surface area contributed by atoms with Crippen molar-refractivity contribution in [1.29, 1.82) is 0 Å². The van der Waals surface area contributed by atoms with E-state index in [1.807, 2.05) is 4.90 Å². The van der Waals surface area contributed by atoms with E-state index in [-0.39, 0.29) is 12.0 Å². The summed E-state index contributed by atoms with van der Waals surface area (Å²) in [6, 6.07) is 3.46. The number of carbonyl (C=O) groups is 1. The average molecular weight is 281 g/mol. The van der Waals surface area contributed by atoms with Crippen LogP contribution in [0.3, 0.4) is 0 Å². The number of methoxy groups -OCH3 is 1. The molecular formula is C15H17F2NO2. The molecule has 20 heavy (non-hydrogen) atoms. The van der Waals surface area contributed by atoms with E-state index in [9.17, 15) is 13.6 Å². The number of hydrogen-bond acceptors (Lipinski definition) is 3. The molecule has 0 N–H and O–H groups in total. The van der Waals surface area contributed by atoms with E-state index in [0.29, 0.717) is 12.1 Å². The molecule has 2 aliphatic rings. The molecule has 0 radical (unpaired) electrons. The third-order valence-electron chi connectivity index (χ3n) is 4.43. The van der Waals surface area contributed by atoms with Gasteiger partial charge in [0.15, 0.2) is 0 Å². The van der Waals surface area contributed by atoms with Gasteiger partial charge in [-0.15, -0.1) is 0 Å². The Morgan fingerprint density at radius 3 is 2.40 bits per heavy atom. The lowest BCUT2D eigenvalue weighted by Gasteiger charge is -2.28. The van der Waals surface area contributed by atoms with Gasteiger partial charge in [0.05, 0.1) is 7.11 Å². The molecule has 0 amide bonds. The summed E-state index contributed by atoms with van der Waals surface area (Å²) >= 11 is 0. The summed E-state index contributed by atoms with van der Waals surface area (Å²) in [7, 11) is 1.39. The molecule has 3 nitrogen and oxygen atoms in total. The molecule has 1 aromatic carbocycles. The van der Waals surface area contributed by atoms with Crippen LogP contribution < -0.4 is 0 Å². The predicted molar refractivity (Wildman–Crippen MR) is 69.0 cm³/mol. The largest absolute Gasteiger partial charge is 0.468 e. The zero-order valence-electron chi connectivity index (χ0n) is 11.4. The standard InChI is InChI=1S/C15H17F2NO2/c1-20-14(19)15(4-2-3-5-15)18-9-13(18)10-6-11(16)8-12(17)7-10/h6-8,13H,2-5,9H2,1H3. The highest BCUT2D eigenvalue weighted by Crippen LogP contribution is 2.49. The number of benzene rings is 1. The summed E-state index contributed by atoms with van der Waals surface area (Å²) in [6.45, 7) is 0.651. The van der Waals surface area contributed by atoms with Gasteiger partial charge in [-0.2, -0.15) is 0 Å². The monoisotopic (exact) mass is 281 g/mol. The highest BCUT2D eigenvalue weighted by molar-refractivity contribution is 5.81. The fourth-order valence-corrected chi connectivity index (χ4v) is 3.42. The summed E-state index contributed by atoms with van der Waals surface area (Å²) in [4.78, 5) is 14.1. The van der Waals surface area contributed by atoms with Crippen molar-refractivity contribution in [2.75, 3.05) is 13.7 Å². The van der Waals surface area contributed by atoms with Crippen LogP contribution in [0, 0.1) is 11.6 Å². The molecule has 1 aliphatic carbocycles. The van der Waals surface area contributed by atoms with Crippen LogP contribution in [0.25, 0.3) is 0 Å². The molecule has 1 saturated heterocycles. The number of rotatable bonds is 3. The smallest absolute Gasteiger partial charge is 0.326 e. The summed E-state index contributed by atoms with van der Waals surface area (Å²) in [5.74, 6) is -1.38. The Balaban J connectivity index is 1.85. The van der Waals surface area contributed by atoms with Crippen molar-refractivity contribution in [1.82, 2.24) is 4.90 Å². The zero-order valence-corrected chi connectivity index (χ0v) is 11.4. The van der Waals surface area contributed by atoms with Crippen LogP contribution in [0.15, 0.2) is 18.2 Å². The molecule has 1 saturated carbocycles. The molecule has 108 valence electrons. The molecule has 2 unspecified atom stereocenters. The molecule has 5 heteroatoms. The van der Waals surface area contributed by atoms with Gasteiger partial charge >= 0.3 is 5.97 Å². The van der Waals surface area contributed by atoms with E-state index >= 15 is 0 Å². The van der Waals surface area contributed by atoms with Crippen molar-refractivity contribution in [3.63, 3.8) is 0 Å². The highest BCUT2D eigenvalue weighted by atomic mass is 19.1. The lowest BCUT2D eigenvalue weighted by molar-refractivity contribution is -0.151. The number of hydrogen-bond donors (Lipinski definition) is 0. The minimum Gasteiger partial charge on any atom is -0.468 e. The number of esters is 1. The van der Waals surface area contributed by atoms with Gasteiger partial charge in [-0.05, 0) is 30.5 Å². The third kappa shape index (κ3) is 2.10. The Kier molecular flexibility index (Phi) is 3.24. The Hall–Kier alpha value is -1.49. The topological polar surface area (TPSA) is 29.3 Å². The van der Waals surface area contributed by atoms with Crippen LogP contribution in [0.1, 0.15) is 37.3 Å². The van der Waals surface area contributed by atoms with Gasteiger partial charge in [0.25, 0.3) is 0 Å². The lowest BCUT2D eigenvalue weighted by Crippen LogP contribution is -2.44. The molecule has 1 heterocycles. The van der Waals surface area contributed by atoms with Crippen LogP contribution in [-0.4, -0.2) is 30.1 Å². The van der Waals surface area contributed by atoms with Crippen LogP contribution >= 0.6 is 0 Å². The Morgan fingerprint density at radius 1 is 1.25 bits per heavy atom. The van der Waals surface area contributed by atoms with Gasteiger partial charge in [-0.1, -0.05) is 12.8 Å². The Morgan fingerprint density at radius 2 is 1.85 bits per heavy atom. The summed E-state index contributed by atoms with van der Waals surface area (Å²) in [5.41, 5.74) is 0.0000430. The van der Waals surface area contributed by atoms with E-state index in [2.05, 4.69) is 0 Å². The van der Waals surface area contributed by atoms with Crippen LogP contribution in [-0.2, 0) is 9.53 Å². The average Bonchev–Trinajstić information content (AvgIpc) is 3.07. The first-order chi connectivity index (χ1) is 9.56. The second-order valence-corrected chi connectivity index (χ2v) is 5.60. The second-order valence-electron chi connectivity index (χ2n) is 5.60. The molecular weight excluding hydrogens is 264 g/mol. The van der Waals surface area contributed by atoms with Gasteiger partial charge < -0.3 is 4.74 Å². The molecule has 0 bridgehead atoms. The van der Waals surface area contributed by atoms with E-state index in [0.717, 1.165) is 31.7 Å². The molecule has 3 rings (SSSR count). The Labute approximate surface area is 116 Å². The molecule has 2 fully saturated rings. The number of nitrogens with zero attached hydrogens (tertiary/aromatic N) is 1. The molecule has 1 aromatic rings. The van der Waals surface area contributed by atoms with Gasteiger partial charge in [-0.25, -0.2) is 8.78 Å². The maximum Gasteiger partial charge on any atom is 0.326 e. The van der Waals surface area contributed by atoms with E-state index in [1.165, 1.54) is 19.2 Å². The SMILES string of the molecule is COC(=O)C1(N2CC2c2cc(F)cc(F)c2)CCCC1. The van der Waals surface area contributed by atoms with E-state index in [4.69, 9.17) is 4.74 Å². The van der Waals surface area contributed by atoms with Crippen molar-refractivity contribution < 1.29 is 18.3 Å². The molecule has 0 aromatic heterocycles. The van der Waals surface area contributed by atoms with Crippen molar-refractivity contribution in [3.05, 3.63) is 35.4 Å². The van der Waals surface area contributed by atoms with Crippen LogP contribution in [0.4, 0.5) is 8.78 Å². The minimum absolute atomic E-state index is 0.0857. The number of ether oxygens (including phenoxy) is 1. The van der Waals surface area contributed by atoms with Gasteiger partial charge in [0.1, 0.15) is 17.2 Å². The summed E-state index contributed by atoms with van der Waals surface area (Å²) in [5, 5.41) is 0. The van der Waals surface area contributed by atoms with Crippen molar-refractivity contribution in [3.8, 4) is 0 Å². The summed E-state index contributed by atoms with van der Waals surface area (Å²) in [6.07, 6.45) is 3.48. The molecule has 0 spiro atoms. The van der Waals surface area contributed by atoms with Gasteiger partial charge in [-0.3, -0.25) is 9.69 Å². The number of halogens is 2. The molecule has 2 atom stereocenters. The first kappa shape index (κ1) is 13.5. The van der Waals surface area contributed by atoms with Gasteiger partial charge in [0, 0.05) is 18.7 Å². The maximum absolute atomic E-state index is 13.3. The van der Waals surface area contributed by atoms with Crippen molar-refractivity contribution >= 4 is 5.97 Å². The summed E-state index contributed by atoms with van der Waals surface area (Å²) < 4.78 is 31.5. The first-order valence-electron chi connectivity index (χ1n) is 6.88. The molecule has 1 aliphatic heterocycles. The Bertz CT molecular complexity index is 520. The first-order valence-corrected chi connectivity index (χ1v) is 6.88. The quantitative estimate of drug-likeness (QED) is 0.630. The van der Waals surface area contributed by atoms with E-state index < -0.39 is 17.2 Å². The predicted octanol–water partition coefficient (Wildman–Crippen LogP) is 2.81. The zero-order chi connectivity index (χ0) is 14.3. The number of carbonyl (C=O) groups excluding carboxylic acids is 1. The lowest BCUT2D eigenvalue weighted by atomic mass is 9.97. The normalized spacial score (nSPS) is 27.4. The van der Waals surface area contributed by atoms with Crippen molar-refractivity contribution in [2.45, 2.75) is 37.3 Å².